The molecule has 2 aliphatic carbocycles. The van der Waals surface area contributed by atoms with Gasteiger partial charge in [0, 0.05) is 23.2 Å². The van der Waals surface area contributed by atoms with Gasteiger partial charge in [0.05, 0.1) is 18.0 Å². The summed E-state index contributed by atoms with van der Waals surface area (Å²) in [7, 11) is -3.26. The molecule has 3 rings (SSSR count). The Hall–Kier alpha value is -1.11. The van der Waals surface area contributed by atoms with Crippen molar-refractivity contribution in [2.75, 3.05) is 11.0 Å². The maximum absolute atomic E-state index is 11.5. The van der Waals surface area contributed by atoms with Crippen LogP contribution in [0.15, 0.2) is 24.3 Å². The van der Waals surface area contributed by atoms with E-state index in [9.17, 15) is 8.42 Å². The van der Waals surface area contributed by atoms with Crippen molar-refractivity contribution >= 4 is 15.7 Å². The van der Waals surface area contributed by atoms with Gasteiger partial charge in [0.2, 0.25) is 10.0 Å². The van der Waals surface area contributed by atoms with E-state index in [0.717, 1.165) is 12.0 Å². The Morgan fingerprint density at radius 1 is 1.27 bits per heavy atom. The summed E-state index contributed by atoms with van der Waals surface area (Å²) in [5.41, 5.74) is 1.88. The molecule has 0 aromatic heterocycles. The molecule has 3 atom stereocenters. The molecule has 0 saturated heterocycles. The Kier molecular flexibility index (Phi) is 5.14. The van der Waals surface area contributed by atoms with Gasteiger partial charge in [-0.2, -0.15) is 0 Å². The molecule has 2 fully saturated rings. The molecule has 2 N–H and O–H groups in total. The second-order valence-corrected chi connectivity index (χ2v) is 10.7. The van der Waals surface area contributed by atoms with Crippen LogP contribution in [-0.4, -0.2) is 32.4 Å². The van der Waals surface area contributed by atoms with Crippen LogP contribution >= 0.6 is 0 Å². The number of hydrogen-bond donors (Lipinski definition) is 2. The Morgan fingerprint density at radius 3 is 2.50 bits per heavy atom. The van der Waals surface area contributed by atoms with Crippen molar-refractivity contribution in [1.82, 2.24) is 5.32 Å². The van der Waals surface area contributed by atoms with Gasteiger partial charge < -0.3 is 10.1 Å². The number of benzene rings is 1. The zero-order chi connectivity index (χ0) is 19.2. The molecule has 2 saturated carbocycles. The zero-order valence-electron chi connectivity index (χ0n) is 16.5. The Balaban J connectivity index is 1.65. The van der Waals surface area contributed by atoms with Crippen LogP contribution in [0.3, 0.4) is 0 Å². The van der Waals surface area contributed by atoms with E-state index < -0.39 is 10.0 Å². The molecule has 3 unspecified atom stereocenters. The average Bonchev–Trinajstić information content (AvgIpc) is 2.41. The molecule has 0 heterocycles. The number of ether oxygens (including phenoxy) is 1. The molecular formula is C20H32N2O3S. The lowest BCUT2D eigenvalue weighted by atomic mass is 9.50. The van der Waals surface area contributed by atoms with E-state index in [-0.39, 0.29) is 17.1 Å². The van der Waals surface area contributed by atoms with Gasteiger partial charge in [-0.15, -0.1) is 0 Å². The molecular weight excluding hydrogens is 348 g/mol. The molecule has 26 heavy (non-hydrogen) atoms. The SMILES string of the molecule is CC(NC1CC(OC(C)(C)C)C12CCC2)c1cccc(NS(C)(=O)=O)c1. The third-order valence-corrected chi connectivity index (χ3v) is 6.31. The van der Waals surface area contributed by atoms with E-state index in [1.54, 1.807) is 6.07 Å². The van der Waals surface area contributed by atoms with Crippen LogP contribution in [0.4, 0.5) is 5.69 Å². The van der Waals surface area contributed by atoms with Crippen LogP contribution in [-0.2, 0) is 14.8 Å². The van der Waals surface area contributed by atoms with E-state index in [1.165, 1.54) is 25.5 Å². The van der Waals surface area contributed by atoms with Crippen molar-refractivity contribution in [2.24, 2.45) is 5.41 Å². The lowest BCUT2D eigenvalue weighted by Gasteiger charge is -2.62. The highest BCUT2D eigenvalue weighted by Crippen LogP contribution is 2.58. The maximum Gasteiger partial charge on any atom is 0.229 e. The normalized spacial score (nSPS) is 26.0. The number of hydrogen-bond acceptors (Lipinski definition) is 4. The lowest BCUT2D eigenvalue weighted by Crippen LogP contribution is -2.68. The van der Waals surface area contributed by atoms with Crippen molar-refractivity contribution in [3.05, 3.63) is 29.8 Å². The first-order valence-electron chi connectivity index (χ1n) is 9.50. The van der Waals surface area contributed by atoms with E-state index in [4.69, 9.17) is 4.74 Å². The standard InChI is InChI=1S/C20H32N2O3S/c1-14(15-8-6-9-16(12-15)22-26(5,23)24)21-17-13-18(25-19(2,3)4)20(17)10-7-11-20/h6,8-9,12,14,17-18,21-22H,7,10-11,13H2,1-5H3. The molecule has 1 spiro atoms. The van der Waals surface area contributed by atoms with Crippen molar-refractivity contribution in [3.8, 4) is 0 Å². The minimum Gasteiger partial charge on any atom is -0.372 e. The Bertz CT molecular complexity index is 751. The van der Waals surface area contributed by atoms with Gasteiger partial charge in [-0.1, -0.05) is 18.6 Å². The van der Waals surface area contributed by atoms with E-state index in [0.29, 0.717) is 17.8 Å². The van der Waals surface area contributed by atoms with Gasteiger partial charge in [-0.05, 0) is 64.7 Å². The molecule has 2 aliphatic rings. The molecule has 0 radical (unpaired) electrons. The van der Waals surface area contributed by atoms with E-state index >= 15 is 0 Å². The van der Waals surface area contributed by atoms with Crippen LogP contribution in [0, 0.1) is 5.41 Å². The monoisotopic (exact) mass is 380 g/mol. The molecule has 1 aromatic rings. The van der Waals surface area contributed by atoms with Crippen LogP contribution in [0.25, 0.3) is 0 Å². The first-order chi connectivity index (χ1) is 12.0. The van der Waals surface area contributed by atoms with Gasteiger partial charge in [-0.25, -0.2) is 8.42 Å². The predicted octanol–water partition coefficient (Wildman–Crippen LogP) is 3.84. The molecule has 0 amide bonds. The van der Waals surface area contributed by atoms with Crippen molar-refractivity contribution < 1.29 is 13.2 Å². The average molecular weight is 381 g/mol. The quantitative estimate of drug-likeness (QED) is 0.787. The number of nitrogens with one attached hydrogen (secondary N) is 2. The van der Waals surface area contributed by atoms with E-state index in [2.05, 4.69) is 37.7 Å². The van der Waals surface area contributed by atoms with Gasteiger partial charge >= 0.3 is 0 Å². The molecule has 5 nitrogen and oxygen atoms in total. The van der Waals surface area contributed by atoms with Crippen molar-refractivity contribution in [2.45, 2.75) is 77.2 Å². The van der Waals surface area contributed by atoms with Crippen LogP contribution in [0.5, 0.6) is 0 Å². The third kappa shape index (κ3) is 4.24. The fourth-order valence-corrected chi connectivity index (χ4v) is 4.87. The summed E-state index contributed by atoms with van der Waals surface area (Å²) in [4.78, 5) is 0. The Labute approximate surface area is 158 Å². The van der Waals surface area contributed by atoms with Gasteiger partial charge in [-0.3, -0.25) is 4.72 Å². The summed E-state index contributed by atoms with van der Waals surface area (Å²) in [6.45, 7) is 8.53. The highest BCUT2D eigenvalue weighted by Gasteiger charge is 2.59. The summed E-state index contributed by atoms with van der Waals surface area (Å²) >= 11 is 0. The molecule has 6 heteroatoms. The first kappa shape index (κ1) is 19.6. The molecule has 0 aliphatic heterocycles. The topological polar surface area (TPSA) is 67.4 Å². The predicted molar refractivity (Wildman–Crippen MR) is 106 cm³/mol. The zero-order valence-corrected chi connectivity index (χ0v) is 17.3. The largest absolute Gasteiger partial charge is 0.372 e. The minimum atomic E-state index is -3.26. The summed E-state index contributed by atoms with van der Waals surface area (Å²) in [5, 5.41) is 3.77. The van der Waals surface area contributed by atoms with Crippen molar-refractivity contribution in [3.63, 3.8) is 0 Å². The second kappa shape index (κ2) is 6.80. The van der Waals surface area contributed by atoms with Crippen LogP contribution in [0.1, 0.15) is 65.0 Å². The number of rotatable bonds is 6. The lowest BCUT2D eigenvalue weighted by molar-refractivity contribution is -0.216. The summed E-state index contributed by atoms with van der Waals surface area (Å²) < 4.78 is 31.8. The van der Waals surface area contributed by atoms with Gasteiger partial charge in [0.25, 0.3) is 0 Å². The minimum absolute atomic E-state index is 0.102. The first-order valence-corrected chi connectivity index (χ1v) is 11.4. The van der Waals surface area contributed by atoms with Gasteiger partial charge in [0.15, 0.2) is 0 Å². The van der Waals surface area contributed by atoms with Crippen LogP contribution in [0.2, 0.25) is 0 Å². The maximum atomic E-state index is 11.5. The van der Waals surface area contributed by atoms with E-state index in [1.807, 2.05) is 18.2 Å². The highest BCUT2D eigenvalue weighted by atomic mass is 32.2. The Morgan fingerprint density at radius 2 is 1.96 bits per heavy atom. The summed E-state index contributed by atoms with van der Waals surface area (Å²) in [6, 6.07) is 8.25. The third-order valence-electron chi connectivity index (χ3n) is 5.71. The second-order valence-electron chi connectivity index (χ2n) is 8.98. The summed E-state index contributed by atoms with van der Waals surface area (Å²) in [6.07, 6.45) is 6.31. The van der Waals surface area contributed by atoms with Crippen LogP contribution < -0.4 is 10.0 Å². The molecule has 146 valence electrons. The number of anilines is 1. The molecule has 0 bridgehead atoms. The van der Waals surface area contributed by atoms with Crippen molar-refractivity contribution in [1.29, 1.82) is 0 Å². The fraction of sp³-hybridized carbons (Fsp3) is 0.700. The molecule has 1 aromatic carbocycles. The van der Waals surface area contributed by atoms with Gasteiger partial charge in [0.1, 0.15) is 0 Å². The fourth-order valence-electron chi connectivity index (χ4n) is 4.31. The highest BCUT2D eigenvalue weighted by molar-refractivity contribution is 7.92. The summed E-state index contributed by atoms with van der Waals surface area (Å²) in [5.74, 6) is 0. The number of sulfonamides is 1. The smallest absolute Gasteiger partial charge is 0.229 e.